The van der Waals surface area contributed by atoms with Crippen molar-refractivity contribution in [2.45, 2.75) is 72.6 Å². The van der Waals surface area contributed by atoms with Crippen LogP contribution < -0.4 is 0 Å². The van der Waals surface area contributed by atoms with Crippen LogP contribution in [0, 0.1) is 5.92 Å². The first kappa shape index (κ1) is 13.7. The van der Waals surface area contributed by atoms with Crippen molar-refractivity contribution in [1.29, 1.82) is 0 Å². The Labute approximate surface area is 90.8 Å². The van der Waals surface area contributed by atoms with Crippen molar-refractivity contribution in [3.05, 3.63) is 11.6 Å². The zero-order valence-electron chi connectivity index (χ0n) is 10.6. The Bertz CT molecular complexity index is 138. The maximum absolute atomic E-state index is 2.46. The number of rotatable bonds is 8. The van der Waals surface area contributed by atoms with Gasteiger partial charge in [0.15, 0.2) is 0 Å². The van der Waals surface area contributed by atoms with E-state index in [-0.39, 0.29) is 0 Å². The fourth-order valence-electron chi connectivity index (χ4n) is 1.95. The third-order valence-electron chi connectivity index (χ3n) is 3.02. The van der Waals surface area contributed by atoms with Crippen molar-refractivity contribution >= 4 is 0 Å². The summed E-state index contributed by atoms with van der Waals surface area (Å²) >= 11 is 0. The molecule has 14 heavy (non-hydrogen) atoms. The molecule has 1 atom stereocenters. The lowest BCUT2D eigenvalue weighted by atomic mass is 9.98. The van der Waals surface area contributed by atoms with Crippen LogP contribution >= 0.6 is 0 Å². The van der Waals surface area contributed by atoms with Gasteiger partial charge in [-0.25, -0.2) is 0 Å². The molecular weight excluding hydrogens is 168 g/mol. The van der Waals surface area contributed by atoms with E-state index in [0.29, 0.717) is 0 Å². The Hall–Kier alpha value is -0.260. The van der Waals surface area contributed by atoms with E-state index in [1.807, 2.05) is 0 Å². The van der Waals surface area contributed by atoms with Crippen LogP contribution in [0.1, 0.15) is 72.6 Å². The fourth-order valence-corrected chi connectivity index (χ4v) is 1.95. The molecule has 0 aliphatic carbocycles. The minimum atomic E-state index is 0.931. The SMILES string of the molecule is CCCC(C)CCCC=C(CC)CC. The molecule has 0 aliphatic heterocycles. The molecule has 0 heterocycles. The smallest absolute Gasteiger partial charge is 0.0348 e. The molecule has 0 aliphatic rings. The highest BCUT2D eigenvalue weighted by Gasteiger charge is 1.99. The molecule has 0 amide bonds. The van der Waals surface area contributed by atoms with Crippen molar-refractivity contribution < 1.29 is 0 Å². The fraction of sp³-hybridized carbons (Fsp3) is 0.857. The first-order valence-corrected chi connectivity index (χ1v) is 6.42. The molecule has 0 saturated carbocycles. The Morgan fingerprint density at radius 1 is 1.07 bits per heavy atom. The maximum atomic E-state index is 2.46. The molecule has 0 aromatic heterocycles. The Balaban J connectivity index is 3.48. The first-order chi connectivity index (χ1) is 6.74. The molecule has 0 aromatic carbocycles. The van der Waals surface area contributed by atoms with Gasteiger partial charge in [0.05, 0.1) is 0 Å². The molecule has 0 radical (unpaired) electrons. The van der Waals surface area contributed by atoms with Gasteiger partial charge in [0.1, 0.15) is 0 Å². The Morgan fingerprint density at radius 2 is 1.71 bits per heavy atom. The number of unbranched alkanes of at least 4 members (excludes halogenated alkanes) is 1. The summed E-state index contributed by atoms with van der Waals surface area (Å²) in [5.41, 5.74) is 1.63. The average Bonchev–Trinajstić information content (AvgIpc) is 2.19. The van der Waals surface area contributed by atoms with E-state index in [0.717, 1.165) is 5.92 Å². The number of hydrogen-bond acceptors (Lipinski definition) is 0. The second-order valence-corrected chi connectivity index (χ2v) is 4.39. The topological polar surface area (TPSA) is 0 Å². The van der Waals surface area contributed by atoms with E-state index in [1.54, 1.807) is 5.57 Å². The molecular formula is C14H28. The van der Waals surface area contributed by atoms with E-state index in [4.69, 9.17) is 0 Å². The molecule has 0 heteroatoms. The predicted octanol–water partition coefficient (Wildman–Crippen LogP) is 5.34. The summed E-state index contributed by atoms with van der Waals surface area (Å²) in [5.74, 6) is 0.931. The van der Waals surface area contributed by atoms with Gasteiger partial charge in [-0.05, 0) is 31.6 Å². The highest BCUT2D eigenvalue weighted by Crippen LogP contribution is 2.15. The summed E-state index contributed by atoms with van der Waals surface area (Å²) in [4.78, 5) is 0. The molecule has 0 rings (SSSR count). The third kappa shape index (κ3) is 7.17. The lowest BCUT2D eigenvalue weighted by molar-refractivity contribution is 0.471. The number of hydrogen-bond donors (Lipinski definition) is 0. The minimum Gasteiger partial charge on any atom is -0.0854 e. The van der Waals surface area contributed by atoms with Crippen LogP contribution in [0.4, 0.5) is 0 Å². The van der Waals surface area contributed by atoms with Crippen molar-refractivity contribution in [2.75, 3.05) is 0 Å². The van der Waals surface area contributed by atoms with E-state index in [9.17, 15) is 0 Å². The summed E-state index contributed by atoms with van der Waals surface area (Å²) in [7, 11) is 0. The normalized spacial score (nSPS) is 12.6. The van der Waals surface area contributed by atoms with Gasteiger partial charge in [0.25, 0.3) is 0 Å². The quantitative estimate of drug-likeness (QED) is 0.363. The molecule has 0 saturated heterocycles. The van der Waals surface area contributed by atoms with Crippen LogP contribution in [0.25, 0.3) is 0 Å². The third-order valence-corrected chi connectivity index (χ3v) is 3.02. The summed E-state index contributed by atoms with van der Waals surface area (Å²) in [6, 6.07) is 0. The molecule has 0 bridgehead atoms. The number of allylic oxidation sites excluding steroid dienone is 2. The molecule has 0 aromatic rings. The predicted molar refractivity (Wildman–Crippen MR) is 66.6 cm³/mol. The summed E-state index contributed by atoms with van der Waals surface area (Å²) in [6.07, 6.45) is 11.8. The average molecular weight is 196 g/mol. The van der Waals surface area contributed by atoms with Gasteiger partial charge in [-0.15, -0.1) is 0 Å². The second kappa shape index (κ2) is 9.30. The first-order valence-electron chi connectivity index (χ1n) is 6.42. The van der Waals surface area contributed by atoms with Gasteiger partial charge in [0.2, 0.25) is 0 Å². The van der Waals surface area contributed by atoms with E-state index in [1.165, 1.54) is 44.9 Å². The van der Waals surface area contributed by atoms with Crippen LogP contribution in [-0.2, 0) is 0 Å². The highest BCUT2D eigenvalue weighted by atomic mass is 14.0. The standard InChI is InChI=1S/C14H28/c1-5-10-13(4)11-8-9-12-14(6-2)7-3/h12-13H,5-11H2,1-4H3. The van der Waals surface area contributed by atoms with Gasteiger partial charge >= 0.3 is 0 Å². The maximum Gasteiger partial charge on any atom is -0.0348 e. The highest BCUT2D eigenvalue weighted by molar-refractivity contribution is 4.99. The molecule has 0 N–H and O–H groups in total. The molecule has 0 fully saturated rings. The van der Waals surface area contributed by atoms with Crippen LogP contribution in [-0.4, -0.2) is 0 Å². The molecule has 84 valence electrons. The van der Waals surface area contributed by atoms with Crippen molar-refractivity contribution in [3.63, 3.8) is 0 Å². The Kier molecular flexibility index (Phi) is 9.13. The van der Waals surface area contributed by atoms with Crippen LogP contribution in [0.2, 0.25) is 0 Å². The van der Waals surface area contributed by atoms with Gasteiger partial charge in [0, 0.05) is 0 Å². The van der Waals surface area contributed by atoms with E-state index in [2.05, 4.69) is 33.8 Å². The van der Waals surface area contributed by atoms with Crippen LogP contribution in [0.5, 0.6) is 0 Å². The van der Waals surface area contributed by atoms with Crippen molar-refractivity contribution in [2.24, 2.45) is 5.92 Å². The zero-order chi connectivity index (χ0) is 10.8. The lowest BCUT2D eigenvalue weighted by Gasteiger charge is -2.08. The molecule has 0 spiro atoms. The minimum absolute atomic E-state index is 0.931. The Morgan fingerprint density at radius 3 is 2.21 bits per heavy atom. The van der Waals surface area contributed by atoms with Gasteiger partial charge in [-0.2, -0.15) is 0 Å². The summed E-state index contributed by atoms with van der Waals surface area (Å²) in [6.45, 7) is 9.18. The monoisotopic (exact) mass is 196 g/mol. The van der Waals surface area contributed by atoms with Crippen LogP contribution in [0.3, 0.4) is 0 Å². The lowest BCUT2D eigenvalue weighted by Crippen LogP contribution is -1.93. The van der Waals surface area contributed by atoms with Crippen molar-refractivity contribution in [3.8, 4) is 0 Å². The van der Waals surface area contributed by atoms with Crippen LogP contribution in [0.15, 0.2) is 11.6 Å². The molecule has 1 unspecified atom stereocenters. The largest absolute Gasteiger partial charge is 0.0854 e. The van der Waals surface area contributed by atoms with Crippen molar-refractivity contribution in [1.82, 2.24) is 0 Å². The van der Waals surface area contributed by atoms with E-state index < -0.39 is 0 Å². The van der Waals surface area contributed by atoms with Gasteiger partial charge in [-0.3, -0.25) is 0 Å². The zero-order valence-corrected chi connectivity index (χ0v) is 10.6. The summed E-state index contributed by atoms with van der Waals surface area (Å²) in [5, 5.41) is 0. The van der Waals surface area contributed by atoms with Gasteiger partial charge in [-0.1, -0.05) is 58.6 Å². The summed E-state index contributed by atoms with van der Waals surface area (Å²) < 4.78 is 0. The second-order valence-electron chi connectivity index (χ2n) is 4.39. The van der Waals surface area contributed by atoms with E-state index >= 15 is 0 Å². The van der Waals surface area contributed by atoms with Gasteiger partial charge < -0.3 is 0 Å². The molecule has 0 nitrogen and oxygen atoms in total.